The van der Waals surface area contributed by atoms with Gasteiger partial charge in [-0.15, -0.1) is 0 Å². The summed E-state index contributed by atoms with van der Waals surface area (Å²) in [7, 11) is 0. The normalized spacial score (nSPS) is 9.50. The molecule has 2 nitrogen and oxygen atoms in total. The molecule has 1 aromatic carbocycles. The van der Waals surface area contributed by atoms with Crippen LogP contribution in [-0.4, -0.2) is 12.4 Å². The van der Waals surface area contributed by atoms with Crippen molar-refractivity contribution in [1.29, 1.82) is 0 Å². The van der Waals surface area contributed by atoms with Crippen LogP contribution in [0.1, 0.15) is 12.0 Å². The second-order valence-electron chi connectivity index (χ2n) is 3.03. The summed E-state index contributed by atoms with van der Waals surface area (Å²) in [6, 6.07) is 7.74. The molecule has 0 unspecified atom stereocenters. The summed E-state index contributed by atoms with van der Waals surface area (Å²) in [5, 5.41) is 0. The average molecular weight is 190 g/mol. The zero-order valence-corrected chi connectivity index (χ0v) is 8.32. The molecule has 0 saturated heterocycles. The number of carbonyl (C=O) groups is 1. The highest BCUT2D eigenvalue weighted by atomic mass is 16.5. The van der Waals surface area contributed by atoms with Crippen LogP contribution >= 0.6 is 0 Å². The molecule has 0 saturated carbocycles. The summed E-state index contributed by atoms with van der Waals surface area (Å²) in [6.07, 6.45) is 1.71. The number of carbonyl (C=O) groups excluding carboxylic acids is 1. The number of para-hydroxylation sites is 1. The molecule has 0 heterocycles. The fourth-order valence-corrected chi connectivity index (χ4v) is 1.08. The van der Waals surface area contributed by atoms with Crippen molar-refractivity contribution in [1.82, 2.24) is 0 Å². The smallest absolute Gasteiger partial charge is 0.158 e. The lowest BCUT2D eigenvalue weighted by atomic mass is 10.2. The fourth-order valence-electron chi connectivity index (χ4n) is 1.08. The molecule has 0 bridgehead atoms. The number of benzene rings is 1. The molecule has 0 radical (unpaired) electrons. The summed E-state index contributed by atoms with van der Waals surface area (Å²) in [5.74, 6) is 0.850. The van der Waals surface area contributed by atoms with Gasteiger partial charge in [-0.05, 0) is 24.6 Å². The van der Waals surface area contributed by atoms with Gasteiger partial charge in [0.15, 0.2) is 5.78 Å². The van der Waals surface area contributed by atoms with Gasteiger partial charge in [0.25, 0.3) is 0 Å². The standard InChI is InChI=1S/C12H14O2/c1-3-11(13)8-9-14-12-7-5-4-6-10(12)2/h3-7H,1,8-9H2,2H3. The summed E-state index contributed by atoms with van der Waals surface area (Å²) in [6.45, 7) is 5.79. The number of aryl methyl sites for hydroxylation is 1. The molecule has 0 aliphatic heterocycles. The van der Waals surface area contributed by atoms with Crippen molar-refractivity contribution in [2.24, 2.45) is 0 Å². The number of ketones is 1. The first-order chi connectivity index (χ1) is 6.74. The van der Waals surface area contributed by atoms with Gasteiger partial charge < -0.3 is 4.74 Å². The Balaban J connectivity index is 2.42. The van der Waals surface area contributed by atoms with E-state index >= 15 is 0 Å². The Morgan fingerprint density at radius 2 is 2.21 bits per heavy atom. The molecule has 0 aliphatic rings. The number of rotatable bonds is 5. The number of ether oxygens (including phenoxy) is 1. The van der Waals surface area contributed by atoms with Crippen LogP contribution in [0.3, 0.4) is 0 Å². The molecule has 1 aromatic rings. The Kier molecular flexibility index (Phi) is 3.92. The van der Waals surface area contributed by atoms with Crippen molar-refractivity contribution < 1.29 is 9.53 Å². The lowest BCUT2D eigenvalue weighted by Gasteiger charge is -2.06. The van der Waals surface area contributed by atoms with Gasteiger partial charge in [0.2, 0.25) is 0 Å². The highest BCUT2D eigenvalue weighted by Gasteiger charge is 1.99. The summed E-state index contributed by atoms with van der Waals surface area (Å²) in [5.41, 5.74) is 1.08. The zero-order valence-electron chi connectivity index (χ0n) is 8.32. The lowest BCUT2D eigenvalue weighted by molar-refractivity contribution is -0.115. The third-order valence-electron chi connectivity index (χ3n) is 1.93. The zero-order chi connectivity index (χ0) is 10.4. The Labute approximate surface area is 84.2 Å². The van der Waals surface area contributed by atoms with E-state index in [1.54, 1.807) is 0 Å². The molecule has 0 aromatic heterocycles. The lowest BCUT2D eigenvalue weighted by Crippen LogP contribution is -2.04. The summed E-state index contributed by atoms with van der Waals surface area (Å²) < 4.78 is 5.44. The molecule has 2 heteroatoms. The van der Waals surface area contributed by atoms with Gasteiger partial charge in [0.1, 0.15) is 5.75 Å². The SMILES string of the molecule is C=CC(=O)CCOc1ccccc1C. The first kappa shape index (κ1) is 10.5. The van der Waals surface area contributed by atoms with Crippen molar-refractivity contribution >= 4 is 5.78 Å². The monoisotopic (exact) mass is 190 g/mol. The maximum Gasteiger partial charge on any atom is 0.158 e. The summed E-state index contributed by atoms with van der Waals surface area (Å²) >= 11 is 0. The molecule has 0 aliphatic carbocycles. The van der Waals surface area contributed by atoms with E-state index in [0.717, 1.165) is 11.3 Å². The predicted octanol–water partition coefficient (Wildman–Crippen LogP) is 2.52. The van der Waals surface area contributed by atoms with Gasteiger partial charge >= 0.3 is 0 Å². The molecule has 74 valence electrons. The number of allylic oxidation sites excluding steroid dienone is 1. The van der Waals surface area contributed by atoms with E-state index in [9.17, 15) is 4.79 Å². The Morgan fingerprint density at radius 3 is 2.86 bits per heavy atom. The van der Waals surface area contributed by atoms with Gasteiger partial charge in [-0.25, -0.2) is 0 Å². The van der Waals surface area contributed by atoms with Crippen LogP contribution in [0.15, 0.2) is 36.9 Å². The third kappa shape index (κ3) is 3.05. The highest BCUT2D eigenvalue weighted by molar-refractivity contribution is 5.89. The van der Waals surface area contributed by atoms with E-state index in [2.05, 4.69) is 6.58 Å². The van der Waals surface area contributed by atoms with Crippen LogP contribution in [-0.2, 0) is 4.79 Å². The van der Waals surface area contributed by atoms with Crippen molar-refractivity contribution in [2.45, 2.75) is 13.3 Å². The molecule has 0 fully saturated rings. The maximum atomic E-state index is 10.9. The van der Waals surface area contributed by atoms with Crippen LogP contribution in [0, 0.1) is 6.92 Å². The first-order valence-corrected chi connectivity index (χ1v) is 4.57. The molecule has 0 atom stereocenters. The third-order valence-corrected chi connectivity index (χ3v) is 1.93. The van der Waals surface area contributed by atoms with Crippen LogP contribution in [0.25, 0.3) is 0 Å². The highest BCUT2D eigenvalue weighted by Crippen LogP contribution is 2.16. The van der Waals surface area contributed by atoms with Gasteiger partial charge in [0, 0.05) is 6.42 Å². The molecule has 1 rings (SSSR count). The second-order valence-corrected chi connectivity index (χ2v) is 3.03. The van der Waals surface area contributed by atoms with Gasteiger partial charge in [-0.1, -0.05) is 24.8 Å². The minimum atomic E-state index is 0.0126. The van der Waals surface area contributed by atoms with Crippen molar-refractivity contribution in [2.75, 3.05) is 6.61 Å². The minimum Gasteiger partial charge on any atom is -0.493 e. The van der Waals surface area contributed by atoms with Crippen molar-refractivity contribution in [3.05, 3.63) is 42.5 Å². The predicted molar refractivity (Wildman–Crippen MR) is 56.5 cm³/mol. The Bertz CT molecular complexity index is 329. The van der Waals surface area contributed by atoms with E-state index in [4.69, 9.17) is 4.74 Å². The number of hydrogen-bond acceptors (Lipinski definition) is 2. The van der Waals surface area contributed by atoms with Crippen LogP contribution in [0.4, 0.5) is 0 Å². The van der Waals surface area contributed by atoms with E-state index in [-0.39, 0.29) is 5.78 Å². The Morgan fingerprint density at radius 1 is 1.50 bits per heavy atom. The first-order valence-electron chi connectivity index (χ1n) is 4.57. The molecular formula is C12H14O2. The van der Waals surface area contributed by atoms with Gasteiger partial charge in [0.05, 0.1) is 6.61 Å². The fraction of sp³-hybridized carbons (Fsp3) is 0.250. The van der Waals surface area contributed by atoms with Crippen LogP contribution < -0.4 is 4.74 Å². The van der Waals surface area contributed by atoms with Crippen LogP contribution in [0.2, 0.25) is 0 Å². The quantitative estimate of drug-likeness (QED) is 0.667. The van der Waals surface area contributed by atoms with Crippen molar-refractivity contribution in [3.8, 4) is 5.75 Å². The van der Waals surface area contributed by atoms with Gasteiger partial charge in [-0.2, -0.15) is 0 Å². The maximum absolute atomic E-state index is 10.9. The van der Waals surface area contributed by atoms with E-state index < -0.39 is 0 Å². The molecular weight excluding hydrogens is 176 g/mol. The largest absolute Gasteiger partial charge is 0.493 e. The molecule has 14 heavy (non-hydrogen) atoms. The average Bonchev–Trinajstić information content (AvgIpc) is 2.20. The van der Waals surface area contributed by atoms with E-state index in [1.165, 1.54) is 6.08 Å². The van der Waals surface area contributed by atoms with E-state index in [0.29, 0.717) is 13.0 Å². The minimum absolute atomic E-state index is 0.0126. The number of hydrogen-bond donors (Lipinski definition) is 0. The Hall–Kier alpha value is -1.57. The topological polar surface area (TPSA) is 26.3 Å². The molecule has 0 spiro atoms. The van der Waals surface area contributed by atoms with Crippen molar-refractivity contribution in [3.63, 3.8) is 0 Å². The van der Waals surface area contributed by atoms with Gasteiger partial charge in [-0.3, -0.25) is 4.79 Å². The molecule has 0 N–H and O–H groups in total. The van der Waals surface area contributed by atoms with Crippen LogP contribution in [0.5, 0.6) is 5.75 Å². The van der Waals surface area contributed by atoms with E-state index in [1.807, 2.05) is 31.2 Å². The second kappa shape index (κ2) is 5.22. The summed E-state index contributed by atoms with van der Waals surface area (Å²) in [4.78, 5) is 10.9. The molecule has 0 amide bonds.